The van der Waals surface area contributed by atoms with Crippen LogP contribution in [0.1, 0.15) is 37.7 Å². The third kappa shape index (κ3) is 3.23. The third-order valence-corrected chi connectivity index (χ3v) is 4.48. The number of rotatable bonds is 4. The molecule has 5 heteroatoms. The fourth-order valence-electron chi connectivity index (χ4n) is 3.31. The summed E-state index contributed by atoms with van der Waals surface area (Å²) in [5.74, 6) is -0.0779. The Morgan fingerprint density at radius 1 is 1.38 bits per heavy atom. The minimum atomic E-state index is -0.199. The van der Waals surface area contributed by atoms with Crippen molar-refractivity contribution in [3.63, 3.8) is 0 Å². The lowest BCUT2D eigenvalue weighted by Gasteiger charge is -2.23. The Balaban J connectivity index is 1.52. The molecule has 1 N–H and O–H groups in total. The molecular weight excluding hydrogens is 266 g/mol. The summed E-state index contributed by atoms with van der Waals surface area (Å²) in [5.41, 5.74) is 0.975. The molecule has 0 aromatic carbocycles. The highest BCUT2D eigenvalue weighted by Crippen LogP contribution is 2.29. The molecule has 0 spiro atoms. The number of amides is 2. The normalized spacial score (nSPS) is 22.8. The van der Waals surface area contributed by atoms with Crippen LogP contribution in [0.15, 0.2) is 24.5 Å². The van der Waals surface area contributed by atoms with Crippen molar-refractivity contribution < 1.29 is 9.59 Å². The number of carbonyl (C=O) groups is 2. The van der Waals surface area contributed by atoms with E-state index in [0.29, 0.717) is 25.6 Å². The summed E-state index contributed by atoms with van der Waals surface area (Å²) in [6.45, 7) is 1.06. The number of hydrogen-bond acceptors (Lipinski definition) is 3. The van der Waals surface area contributed by atoms with Crippen LogP contribution in [0, 0.1) is 5.92 Å². The van der Waals surface area contributed by atoms with E-state index in [1.54, 1.807) is 12.4 Å². The van der Waals surface area contributed by atoms with Gasteiger partial charge in [0.25, 0.3) is 0 Å². The van der Waals surface area contributed by atoms with Crippen LogP contribution in [0.25, 0.3) is 0 Å². The molecule has 112 valence electrons. The molecular formula is C16H21N3O2. The first kappa shape index (κ1) is 14.0. The Hall–Kier alpha value is -1.91. The molecule has 3 rings (SSSR count). The molecule has 2 fully saturated rings. The largest absolute Gasteiger partial charge is 0.352 e. The highest BCUT2D eigenvalue weighted by Gasteiger charge is 2.38. The molecule has 1 aliphatic heterocycles. The zero-order chi connectivity index (χ0) is 14.7. The van der Waals surface area contributed by atoms with E-state index in [-0.39, 0.29) is 17.7 Å². The number of nitrogens with one attached hydrogen (secondary N) is 1. The maximum atomic E-state index is 12.2. The smallest absolute Gasteiger partial charge is 0.225 e. The van der Waals surface area contributed by atoms with Gasteiger partial charge in [-0.3, -0.25) is 14.6 Å². The molecule has 1 aliphatic carbocycles. The lowest BCUT2D eigenvalue weighted by atomic mass is 10.1. The van der Waals surface area contributed by atoms with Gasteiger partial charge >= 0.3 is 0 Å². The minimum Gasteiger partial charge on any atom is -0.352 e. The van der Waals surface area contributed by atoms with E-state index < -0.39 is 0 Å². The van der Waals surface area contributed by atoms with Gasteiger partial charge in [-0.1, -0.05) is 18.9 Å². The van der Waals surface area contributed by atoms with Crippen molar-refractivity contribution in [1.29, 1.82) is 0 Å². The van der Waals surface area contributed by atoms with Crippen molar-refractivity contribution in [3.05, 3.63) is 30.1 Å². The monoisotopic (exact) mass is 287 g/mol. The van der Waals surface area contributed by atoms with E-state index >= 15 is 0 Å². The van der Waals surface area contributed by atoms with Crippen LogP contribution in [-0.2, 0) is 16.1 Å². The van der Waals surface area contributed by atoms with Gasteiger partial charge in [-0.05, 0) is 24.5 Å². The van der Waals surface area contributed by atoms with E-state index in [4.69, 9.17) is 0 Å². The van der Waals surface area contributed by atoms with Crippen molar-refractivity contribution in [2.24, 2.45) is 5.92 Å². The molecule has 0 bridgehead atoms. The fraction of sp³-hybridized carbons (Fsp3) is 0.562. The highest BCUT2D eigenvalue weighted by molar-refractivity contribution is 5.89. The summed E-state index contributed by atoms with van der Waals surface area (Å²) in [5, 5.41) is 2.91. The topological polar surface area (TPSA) is 62.3 Å². The Bertz CT molecular complexity index is 512. The van der Waals surface area contributed by atoms with Crippen LogP contribution in [0.5, 0.6) is 0 Å². The summed E-state index contributed by atoms with van der Waals surface area (Å²) >= 11 is 0. The Kier molecular flexibility index (Phi) is 4.18. The zero-order valence-corrected chi connectivity index (χ0v) is 12.1. The van der Waals surface area contributed by atoms with Crippen molar-refractivity contribution in [1.82, 2.24) is 15.2 Å². The number of nitrogens with zero attached hydrogens (tertiary/aromatic N) is 2. The van der Waals surface area contributed by atoms with Gasteiger partial charge in [0, 0.05) is 37.9 Å². The second kappa shape index (κ2) is 6.24. The van der Waals surface area contributed by atoms with Crippen molar-refractivity contribution >= 4 is 11.8 Å². The number of hydrogen-bond donors (Lipinski definition) is 1. The fourth-order valence-corrected chi connectivity index (χ4v) is 3.31. The molecule has 1 aromatic rings. The summed E-state index contributed by atoms with van der Waals surface area (Å²) in [4.78, 5) is 30.3. The first-order valence-electron chi connectivity index (χ1n) is 7.70. The quantitative estimate of drug-likeness (QED) is 0.912. The van der Waals surface area contributed by atoms with Crippen LogP contribution in [0.3, 0.4) is 0 Å². The van der Waals surface area contributed by atoms with Crippen molar-refractivity contribution in [2.45, 2.75) is 44.7 Å². The summed E-state index contributed by atoms with van der Waals surface area (Å²) in [6, 6.07) is 4.15. The van der Waals surface area contributed by atoms with E-state index in [2.05, 4.69) is 10.3 Å². The van der Waals surface area contributed by atoms with Gasteiger partial charge < -0.3 is 10.2 Å². The Morgan fingerprint density at radius 2 is 2.19 bits per heavy atom. The standard InChI is InChI=1S/C16H21N3O2/c20-15-8-13(11-19(15)14-5-1-2-6-14)16(21)18-10-12-4-3-7-17-9-12/h3-4,7,9,13-14H,1-2,5-6,8,10-11H2,(H,18,21)/t13-/m1/s1. The van der Waals surface area contributed by atoms with Gasteiger partial charge in [-0.15, -0.1) is 0 Å². The van der Waals surface area contributed by atoms with E-state index in [1.807, 2.05) is 17.0 Å². The predicted molar refractivity (Wildman–Crippen MR) is 78.2 cm³/mol. The number of pyridine rings is 1. The van der Waals surface area contributed by atoms with Crippen molar-refractivity contribution in [2.75, 3.05) is 6.54 Å². The van der Waals surface area contributed by atoms with Crippen LogP contribution in [-0.4, -0.2) is 34.3 Å². The maximum Gasteiger partial charge on any atom is 0.225 e. The average Bonchev–Trinajstić information content (AvgIpc) is 3.15. The van der Waals surface area contributed by atoms with E-state index in [1.165, 1.54) is 12.8 Å². The number of aromatic nitrogens is 1. The van der Waals surface area contributed by atoms with E-state index in [9.17, 15) is 9.59 Å². The molecule has 1 saturated carbocycles. The van der Waals surface area contributed by atoms with Crippen molar-refractivity contribution in [3.8, 4) is 0 Å². The number of carbonyl (C=O) groups excluding carboxylic acids is 2. The first-order valence-corrected chi connectivity index (χ1v) is 7.70. The molecule has 1 aromatic heterocycles. The first-order chi connectivity index (χ1) is 10.2. The SMILES string of the molecule is O=C(NCc1cccnc1)[C@@H]1CC(=O)N(C2CCCC2)C1. The second-order valence-electron chi connectivity index (χ2n) is 5.96. The maximum absolute atomic E-state index is 12.2. The molecule has 0 radical (unpaired) electrons. The second-order valence-corrected chi connectivity index (χ2v) is 5.96. The highest BCUT2D eigenvalue weighted by atomic mass is 16.2. The Morgan fingerprint density at radius 3 is 2.90 bits per heavy atom. The zero-order valence-electron chi connectivity index (χ0n) is 12.1. The van der Waals surface area contributed by atoms with E-state index in [0.717, 1.165) is 18.4 Å². The third-order valence-electron chi connectivity index (χ3n) is 4.48. The molecule has 0 unspecified atom stereocenters. The van der Waals surface area contributed by atoms with Gasteiger partial charge in [-0.25, -0.2) is 0 Å². The van der Waals surface area contributed by atoms with Gasteiger partial charge in [0.2, 0.25) is 11.8 Å². The van der Waals surface area contributed by atoms with Gasteiger partial charge in [0.15, 0.2) is 0 Å². The van der Waals surface area contributed by atoms with Crippen LogP contribution in [0.4, 0.5) is 0 Å². The van der Waals surface area contributed by atoms with Gasteiger partial charge in [-0.2, -0.15) is 0 Å². The molecule has 21 heavy (non-hydrogen) atoms. The number of likely N-dealkylation sites (tertiary alicyclic amines) is 1. The summed E-state index contributed by atoms with van der Waals surface area (Å²) < 4.78 is 0. The van der Waals surface area contributed by atoms with Crippen LogP contribution < -0.4 is 5.32 Å². The van der Waals surface area contributed by atoms with Crippen LogP contribution in [0.2, 0.25) is 0 Å². The Labute approximate surface area is 124 Å². The van der Waals surface area contributed by atoms with Crippen LogP contribution >= 0.6 is 0 Å². The molecule has 2 amide bonds. The lowest BCUT2D eigenvalue weighted by Crippen LogP contribution is -2.36. The lowest BCUT2D eigenvalue weighted by molar-refractivity contribution is -0.130. The molecule has 2 heterocycles. The minimum absolute atomic E-state index is 0.0206. The summed E-state index contributed by atoms with van der Waals surface area (Å²) in [7, 11) is 0. The molecule has 2 aliphatic rings. The average molecular weight is 287 g/mol. The molecule has 5 nitrogen and oxygen atoms in total. The van der Waals surface area contributed by atoms with Gasteiger partial charge in [0.05, 0.1) is 5.92 Å². The summed E-state index contributed by atoms with van der Waals surface area (Å²) in [6.07, 6.45) is 8.39. The predicted octanol–water partition coefficient (Wildman–Crippen LogP) is 1.49. The molecule has 1 atom stereocenters. The molecule has 1 saturated heterocycles. The van der Waals surface area contributed by atoms with Gasteiger partial charge in [0.1, 0.15) is 0 Å².